The monoisotopic (exact) mass is 261 g/mol. The summed E-state index contributed by atoms with van der Waals surface area (Å²) in [6.07, 6.45) is 6.81. The molecule has 96 valence electrons. The minimum atomic E-state index is 0.628. The van der Waals surface area contributed by atoms with Gasteiger partial charge in [-0.15, -0.1) is 5.10 Å². The summed E-state index contributed by atoms with van der Waals surface area (Å²) in [7, 11) is 0. The zero-order valence-electron chi connectivity index (χ0n) is 11.1. The van der Waals surface area contributed by atoms with Crippen LogP contribution in [0.5, 0.6) is 0 Å². The molecule has 1 heterocycles. The largest absolute Gasteiger partial charge is 0.192 e. The maximum Gasteiger partial charge on any atom is 0.137 e. The molecule has 1 fully saturated rings. The number of rotatable bonds is 4. The molecular weight excluding hydrogens is 242 g/mol. The van der Waals surface area contributed by atoms with Gasteiger partial charge < -0.3 is 0 Å². The summed E-state index contributed by atoms with van der Waals surface area (Å²) in [6.45, 7) is 4.15. The van der Waals surface area contributed by atoms with Gasteiger partial charge in [-0.1, -0.05) is 38.5 Å². The smallest absolute Gasteiger partial charge is 0.137 e. The molecule has 1 saturated carbocycles. The summed E-state index contributed by atoms with van der Waals surface area (Å²) in [5.74, 6) is 0. The highest BCUT2D eigenvalue weighted by Crippen LogP contribution is 2.36. The third kappa shape index (κ3) is 2.67. The van der Waals surface area contributed by atoms with Gasteiger partial charge in [-0.3, -0.25) is 0 Å². The zero-order valence-corrected chi connectivity index (χ0v) is 11.9. The van der Waals surface area contributed by atoms with Crippen molar-refractivity contribution < 1.29 is 0 Å². The van der Waals surface area contributed by atoms with Crippen molar-refractivity contribution in [1.82, 2.24) is 10.2 Å². The Bertz CT molecular complexity index is 459. The fraction of sp³-hybridized carbons (Fsp3) is 0.643. The molecule has 0 N–H and O–H groups in total. The Hall–Kier alpha value is -1.08. The highest BCUT2D eigenvalue weighted by atomic mass is 32.2. The summed E-state index contributed by atoms with van der Waals surface area (Å²) in [5, 5.41) is 19.4. The average molecular weight is 261 g/mol. The molecule has 0 radical (unpaired) electrons. The minimum absolute atomic E-state index is 0.628. The molecule has 3 nitrogen and oxygen atoms in total. The van der Waals surface area contributed by atoms with Crippen LogP contribution < -0.4 is 0 Å². The lowest BCUT2D eigenvalue weighted by Gasteiger charge is -2.12. The Kier molecular flexibility index (Phi) is 4.60. The van der Waals surface area contributed by atoms with E-state index in [9.17, 15) is 5.26 Å². The first-order chi connectivity index (χ1) is 8.80. The van der Waals surface area contributed by atoms with Gasteiger partial charge in [0.25, 0.3) is 0 Å². The van der Waals surface area contributed by atoms with Crippen molar-refractivity contribution in [2.45, 2.75) is 62.6 Å². The number of aryl methyl sites for hydroxylation is 1. The average Bonchev–Trinajstić information content (AvgIpc) is 2.90. The van der Waals surface area contributed by atoms with Crippen LogP contribution >= 0.6 is 11.8 Å². The molecule has 1 aromatic heterocycles. The van der Waals surface area contributed by atoms with Crippen molar-refractivity contribution >= 4 is 11.8 Å². The van der Waals surface area contributed by atoms with Crippen LogP contribution in [0.4, 0.5) is 0 Å². The number of nitrogens with zero attached hydrogens (tertiary/aromatic N) is 3. The third-order valence-corrected chi connectivity index (χ3v) is 4.82. The molecule has 0 bridgehead atoms. The van der Waals surface area contributed by atoms with Crippen molar-refractivity contribution in [2.75, 3.05) is 0 Å². The van der Waals surface area contributed by atoms with Gasteiger partial charge in [0, 0.05) is 5.25 Å². The SMILES string of the molecule is CCc1nnc(SC2CCCC2)c(C#N)c1CC. The Labute approximate surface area is 113 Å². The fourth-order valence-corrected chi connectivity index (χ4v) is 3.78. The van der Waals surface area contributed by atoms with Crippen LogP contribution in [0.25, 0.3) is 0 Å². The van der Waals surface area contributed by atoms with Gasteiger partial charge >= 0.3 is 0 Å². The second-order valence-corrected chi connectivity index (χ2v) is 5.94. The van der Waals surface area contributed by atoms with Crippen LogP contribution in [-0.4, -0.2) is 15.4 Å². The van der Waals surface area contributed by atoms with Crippen LogP contribution in [0.1, 0.15) is 56.4 Å². The molecule has 4 heteroatoms. The van der Waals surface area contributed by atoms with Crippen LogP contribution in [0.3, 0.4) is 0 Å². The van der Waals surface area contributed by atoms with Crippen LogP contribution in [0.15, 0.2) is 5.03 Å². The van der Waals surface area contributed by atoms with E-state index in [1.165, 1.54) is 25.7 Å². The van der Waals surface area contributed by atoms with Gasteiger partial charge in [-0.25, -0.2) is 0 Å². The summed E-state index contributed by atoms with van der Waals surface area (Å²) >= 11 is 1.76. The van der Waals surface area contributed by atoms with E-state index >= 15 is 0 Å². The summed E-state index contributed by atoms with van der Waals surface area (Å²) in [6, 6.07) is 2.34. The van der Waals surface area contributed by atoms with E-state index in [1.54, 1.807) is 11.8 Å². The van der Waals surface area contributed by atoms with E-state index in [-0.39, 0.29) is 0 Å². The second kappa shape index (κ2) is 6.19. The Morgan fingerprint density at radius 2 is 1.94 bits per heavy atom. The van der Waals surface area contributed by atoms with E-state index < -0.39 is 0 Å². The van der Waals surface area contributed by atoms with Crippen LogP contribution in [-0.2, 0) is 12.8 Å². The first kappa shape index (κ1) is 13.4. The third-order valence-electron chi connectivity index (χ3n) is 3.51. The quantitative estimate of drug-likeness (QED) is 0.832. The predicted octanol–water partition coefficient (Wildman–Crippen LogP) is 3.51. The molecule has 0 aromatic carbocycles. The standard InChI is InChI=1S/C14H19N3S/c1-3-11-12(9-15)14(17-16-13(11)4-2)18-10-7-5-6-8-10/h10H,3-8H2,1-2H3. The fourth-order valence-electron chi connectivity index (χ4n) is 2.52. The van der Waals surface area contributed by atoms with E-state index in [0.29, 0.717) is 5.25 Å². The summed E-state index contributed by atoms with van der Waals surface area (Å²) in [5.41, 5.74) is 2.83. The number of hydrogen-bond donors (Lipinski definition) is 0. The molecule has 0 spiro atoms. The first-order valence-electron chi connectivity index (χ1n) is 6.75. The van der Waals surface area contributed by atoms with Gasteiger partial charge in [0.15, 0.2) is 0 Å². The molecule has 0 saturated heterocycles. The minimum Gasteiger partial charge on any atom is -0.192 e. The Morgan fingerprint density at radius 3 is 2.50 bits per heavy atom. The van der Waals surface area contributed by atoms with Crippen LogP contribution in [0.2, 0.25) is 0 Å². The molecule has 18 heavy (non-hydrogen) atoms. The predicted molar refractivity (Wildman–Crippen MR) is 73.6 cm³/mol. The topological polar surface area (TPSA) is 49.6 Å². The van der Waals surface area contributed by atoms with Gasteiger partial charge in [-0.05, 0) is 31.2 Å². The molecular formula is C14H19N3S. The molecule has 1 aliphatic rings. The van der Waals surface area contributed by atoms with Gasteiger partial charge in [0.1, 0.15) is 11.1 Å². The number of thioether (sulfide) groups is 1. The van der Waals surface area contributed by atoms with E-state index in [0.717, 1.165) is 34.7 Å². The lowest BCUT2D eigenvalue weighted by Crippen LogP contribution is -2.06. The van der Waals surface area contributed by atoms with E-state index in [1.807, 2.05) is 0 Å². The van der Waals surface area contributed by atoms with Crippen LogP contribution in [0, 0.1) is 11.3 Å². The van der Waals surface area contributed by atoms with Crippen molar-refractivity contribution in [3.8, 4) is 6.07 Å². The maximum atomic E-state index is 9.39. The van der Waals surface area contributed by atoms with Gasteiger partial charge in [-0.2, -0.15) is 10.4 Å². The first-order valence-corrected chi connectivity index (χ1v) is 7.63. The molecule has 2 rings (SSSR count). The van der Waals surface area contributed by atoms with Crippen molar-refractivity contribution in [3.05, 3.63) is 16.8 Å². The summed E-state index contributed by atoms with van der Waals surface area (Å²) < 4.78 is 0. The molecule has 0 aliphatic heterocycles. The molecule has 0 amide bonds. The Morgan fingerprint density at radius 1 is 1.22 bits per heavy atom. The molecule has 1 aromatic rings. The van der Waals surface area contributed by atoms with Crippen molar-refractivity contribution in [1.29, 1.82) is 5.26 Å². The maximum absolute atomic E-state index is 9.39. The molecule has 1 aliphatic carbocycles. The lowest BCUT2D eigenvalue weighted by atomic mass is 10.1. The van der Waals surface area contributed by atoms with E-state index in [2.05, 4.69) is 30.1 Å². The van der Waals surface area contributed by atoms with Crippen molar-refractivity contribution in [2.24, 2.45) is 0 Å². The lowest BCUT2D eigenvalue weighted by molar-refractivity contribution is 0.810. The van der Waals surface area contributed by atoms with Gasteiger partial charge in [0.05, 0.1) is 11.3 Å². The highest BCUT2D eigenvalue weighted by molar-refractivity contribution is 7.99. The van der Waals surface area contributed by atoms with Gasteiger partial charge in [0.2, 0.25) is 0 Å². The van der Waals surface area contributed by atoms with E-state index in [4.69, 9.17) is 0 Å². The molecule has 0 atom stereocenters. The number of nitriles is 1. The second-order valence-electron chi connectivity index (χ2n) is 4.65. The highest BCUT2D eigenvalue weighted by Gasteiger charge is 2.21. The number of hydrogen-bond acceptors (Lipinski definition) is 4. The normalized spacial score (nSPS) is 15.8. The van der Waals surface area contributed by atoms with Crippen molar-refractivity contribution in [3.63, 3.8) is 0 Å². The Balaban J connectivity index is 2.32. The number of aromatic nitrogens is 2. The summed E-state index contributed by atoms with van der Waals surface area (Å²) in [4.78, 5) is 0. The zero-order chi connectivity index (χ0) is 13.0. The molecule has 0 unspecified atom stereocenters.